The summed E-state index contributed by atoms with van der Waals surface area (Å²) in [5.74, 6) is -0.724. The second-order valence-electron chi connectivity index (χ2n) is 6.70. The Morgan fingerprint density at radius 3 is 2.77 bits per heavy atom. The molecule has 5 rings (SSSR count). The van der Waals surface area contributed by atoms with Crippen LogP contribution in [-0.4, -0.2) is 30.4 Å². The lowest BCUT2D eigenvalue weighted by Crippen LogP contribution is -2.24. The van der Waals surface area contributed by atoms with Gasteiger partial charge in [-0.05, 0) is 17.5 Å². The summed E-state index contributed by atoms with van der Waals surface area (Å²) in [6, 6.07) is 10.2. The molecule has 3 N–H and O–H groups in total. The van der Waals surface area contributed by atoms with Crippen LogP contribution in [0.5, 0.6) is 0 Å². The van der Waals surface area contributed by atoms with Gasteiger partial charge in [-0.1, -0.05) is 24.3 Å². The second-order valence-corrected chi connectivity index (χ2v) is 7.56. The van der Waals surface area contributed by atoms with Gasteiger partial charge in [-0.25, -0.2) is 19.2 Å². The van der Waals surface area contributed by atoms with Crippen LogP contribution in [0.4, 0.5) is 9.52 Å². The van der Waals surface area contributed by atoms with Gasteiger partial charge in [0.05, 0.1) is 12.0 Å². The number of H-pyrrole nitrogens is 2. The highest BCUT2D eigenvalue weighted by atomic mass is 32.1. The summed E-state index contributed by atoms with van der Waals surface area (Å²) in [7, 11) is 0. The summed E-state index contributed by atoms with van der Waals surface area (Å²) in [5, 5.41) is 6.05. The number of imidazole rings is 1. The highest BCUT2D eigenvalue weighted by Crippen LogP contribution is 2.32. The van der Waals surface area contributed by atoms with Crippen LogP contribution in [0.25, 0.3) is 33.2 Å². The van der Waals surface area contributed by atoms with E-state index in [1.807, 2.05) is 12.1 Å². The van der Waals surface area contributed by atoms with Gasteiger partial charge >= 0.3 is 5.69 Å². The molecule has 0 spiro atoms. The molecule has 0 unspecified atom stereocenters. The molecule has 0 atom stereocenters. The predicted octanol–water partition coefficient (Wildman–Crippen LogP) is 2.47. The van der Waals surface area contributed by atoms with Crippen LogP contribution >= 0.6 is 11.3 Å². The number of carbonyl (C=O) groups excluding carboxylic acids is 1. The van der Waals surface area contributed by atoms with E-state index in [-0.39, 0.29) is 23.5 Å². The molecule has 31 heavy (non-hydrogen) atoms. The van der Waals surface area contributed by atoms with Crippen LogP contribution < -0.4 is 16.6 Å². The van der Waals surface area contributed by atoms with Gasteiger partial charge < -0.3 is 9.88 Å². The van der Waals surface area contributed by atoms with Crippen molar-refractivity contribution in [1.82, 2.24) is 24.5 Å². The minimum absolute atomic E-state index is 0.0344. The Morgan fingerprint density at radius 2 is 1.94 bits per heavy atom. The number of rotatable bonds is 4. The average Bonchev–Trinajstić information content (AvgIpc) is 3.36. The highest BCUT2D eigenvalue weighted by Gasteiger charge is 2.14. The number of anilines is 1. The Hall–Kier alpha value is -4.12. The Morgan fingerprint density at radius 1 is 1.13 bits per heavy atom. The quantitative estimate of drug-likeness (QED) is 0.399. The van der Waals surface area contributed by atoms with Crippen molar-refractivity contribution in [2.45, 2.75) is 6.54 Å². The van der Waals surface area contributed by atoms with Crippen molar-refractivity contribution >= 4 is 44.3 Å². The van der Waals surface area contributed by atoms with E-state index in [0.717, 1.165) is 10.9 Å². The van der Waals surface area contributed by atoms with E-state index in [4.69, 9.17) is 0 Å². The Labute approximate surface area is 176 Å². The number of carbonyl (C=O) groups is 1. The Bertz CT molecular complexity index is 1580. The van der Waals surface area contributed by atoms with Crippen molar-refractivity contribution in [3.8, 4) is 11.3 Å². The van der Waals surface area contributed by atoms with Crippen LogP contribution in [-0.2, 0) is 11.3 Å². The molecular formula is C20H13FN6O3S. The van der Waals surface area contributed by atoms with Crippen molar-refractivity contribution in [2.24, 2.45) is 0 Å². The van der Waals surface area contributed by atoms with Crippen LogP contribution in [0.1, 0.15) is 0 Å². The minimum Gasteiger partial charge on any atom is -0.307 e. The monoisotopic (exact) mass is 436 g/mol. The molecular weight excluding hydrogens is 423 g/mol. The van der Waals surface area contributed by atoms with Crippen LogP contribution in [0.3, 0.4) is 0 Å². The van der Waals surface area contributed by atoms with E-state index < -0.39 is 17.2 Å². The highest BCUT2D eigenvalue weighted by molar-refractivity contribution is 7.14. The smallest absolute Gasteiger partial charge is 0.307 e. The average molecular weight is 436 g/mol. The number of aromatic amines is 2. The molecule has 9 nitrogen and oxygen atoms in total. The molecule has 0 fully saturated rings. The molecule has 0 saturated heterocycles. The van der Waals surface area contributed by atoms with Crippen molar-refractivity contribution < 1.29 is 9.18 Å². The SMILES string of the molecule is O=C(Cn1cnc2c(=O)[nH]c(=O)[nH]c21)Nc1nc(-c2ccc(F)c3ccccc23)cs1. The molecule has 154 valence electrons. The van der Waals surface area contributed by atoms with Gasteiger partial charge in [-0.2, -0.15) is 0 Å². The standard InChI is InChI=1S/C20H13FN6O3S/c21-13-6-5-12(10-3-1-2-4-11(10)13)14-8-31-20(23-14)24-15(28)7-27-9-22-16-17(27)25-19(30)26-18(16)29/h1-6,8-9H,7H2,(H,23,24,28)(H2,25,26,29,30). The van der Waals surface area contributed by atoms with Crippen molar-refractivity contribution in [3.63, 3.8) is 0 Å². The zero-order valence-electron chi connectivity index (χ0n) is 15.7. The van der Waals surface area contributed by atoms with Crippen LogP contribution in [0.2, 0.25) is 0 Å². The summed E-state index contributed by atoms with van der Waals surface area (Å²) in [6.45, 7) is -0.176. The van der Waals surface area contributed by atoms with Gasteiger partial charge in [0.2, 0.25) is 5.91 Å². The van der Waals surface area contributed by atoms with E-state index in [1.54, 1.807) is 23.6 Å². The lowest BCUT2D eigenvalue weighted by Gasteiger charge is -2.05. The maximum Gasteiger partial charge on any atom is 0.327 e. The number of aromatic nitrogens is 5. The first-order valence-electron chi connectivity index (χ1n) is 9.10. The number of fused-ring (bicyclic) bond motifs is 2. The van der Waals surface area contributed by atoms with Gasteiger partial charge in [0.15, 0.2) is 10.6 Å². The van der Waals surface area contributed by atoms with E-state index in [9.17, 15) is 18.8 Å². The third-order valence-electron chi connectivity index (χ3n) is 4.72. The van der Waals surface area contributed by atoms with Crippen molar-refractivity contribution in [1.29, 1.82) is 0 Å². The number of halogens is 1. The zero-order chi connectivity index (χ0) is 21.5. The molecule has 11 heteroatoms. The van der Waals surface area contributed by atoms with Gasteiger partial charge in [0, 0.05) is 16.3 Å². The summed E-state index contributed by atoms with van der Waals surface area (Å²) in [4.78, 5) is 48.6. The van der Waals surface area contributed by atoms with E-state index in [1.165, 1.54) is 28.3 Å². The topological polar surface area (TPSA) is 126 Å². The fraction of sp³-hybridized carbons (Fsp3) is 0.0500. The van der Waals surface area contributed by atoms with Gasteiger partial charge in [-0.3, -0.25) is 19.6 Å². The summed E-state index contributed by atoms with van der Waals surface area (Å²) >= 11 is 1.23. The summed E-state index contributed by atoms with van der Waals surface area (Å²) in [6.07, 6.45) is 1.30. The molecule has 0 aliphatic carbocycles. The molecule has 3 aromatic heterocycles. The molecule has 0 aliphatic rings. The Kier molecular flexibility index (Phi) is 4.44. The number of nitrogens with zero attached hydrogens (tertiary/aromatic N) is 3. The summed E-state index contributed by atoms with van der Waals surface area (Å²) < 4.78 is 15.4. The fourth-order valence-electron chi connectivity index (χ4n) is 3.35. The molecule has 0 aliphatic heterocycles. The second kappa shape index (κ2) is 7.29. The van der Waals surface area contributed by atoms with Gasteiger partial charge in [0.25, 0.3) is 5.56 Å². The van der Waals surface area contributed by atoms with Crippen molar-refractivity contribution in [3.05, 3.63) is 74.8 Å². The molecule has 3 heterocycles. The van der Waals surface area contributed by atoms with E-state index in [2.05, 4.69) is 25.3 Å². The summed E-state index contributed by atoms with van der Waals surface area (Å²) in [5.41, 5.74) is 0.241. The third-order valence-corrected chi connectivity index (χ3v) is 5.48. The van der Waals surface area contributed by atoms with E-state index in [0.29, 0.717) is 16.2 Å². The molecule has 1 amide bonds. The van der Waals surface area contributed by atoms with Crippen LogP contribution in [0, 0.1) is 5.82 Å². The zero-order valence-corrected chi connectivity index (χ0v) is 16.5. The lowest BCUT2D eigenvalue weighted by molar-refractivity contribution is -0.116. The first-order chi connectivity index (χ1) is 15.0. The maximum atomic E-state index is 14.1. The number of hydrogen-bond acceptors (Lipinski definition) is 6. The molecule has 0 saturated carbocycles. The molecule has 0 bridgehead atoms. The number of amides is 1. The number of thiazole rings is 1. The van der Waals surface area contributed by atoms with Crippen molar-refractivity contribution in [2.75, 3.05) is 5.32 Å². The first-order valence-corrected chi connectivity index (χ1v) is 9.98. The van der Waals surface area contributed by atoms with Gasteiger partial charge in [-0.15, -0.1) is 11.3 Å². The number of benzene rings is 2. The Balaban J connectivity index is 1.40. The number of hydrogen-bond donors (Lipinski definition) is 3. The molecule has 0 radical (unpaired) electrons. The van der Waals surface area contributed by atoms with E-state index >= 15 is 0 Å². The first kappa shape index (κ1) is 18.9. The maximum absolute atomic E-state index is 14.1. The molecule has 2 aromatic carbocycles. The number of nitrogens with one attached hydrogen (secondary N) is 3. The largest absolute Gasteiger partial charge is 0.327 e. The fourth-order valence-corrected chi connectivity index (χ4v) is 4.08. The lowest BCUT2D eigenvalue weighted by atomic mass is 10.0. The predicted molar refractivity (Wildman–Crippen MR) is 115 cm³/mol. The van der Waals surface area contributed by atoms with Crippen LogP contribution in [0.15, 0.2) is 57.7 Å². The third kappa shape index (κ3) is 3.40. The normalized spacial score (nSPS) is 11.3. The van der Waals surface area contributed by atoms with Gasteiger partial charge in [0.1, 0.15) is 18.0 Å². The molecule has 5 aromatic rings. The minimum atomic E-state index is -0.684.